The summed E-state index contributed by atoms with van der Waals surface area (Å²) < 4.78 is 0. The molecule has 0 fully saturated rings. The maximum absolute atomic E-state index is 11.2. The predicted molar refractivity (Wildman–Crippen MR) is 59.2 cm³/mol. The van der Waals surface area contributed by atoms with Crippen LogP contribution in [0.2, 0.25) is 0 Å². The van der Waals surface area contributed by atoms with Crippen LogP contribution < -0.4 is 11.3 Å². The molecule has 0 radical (unpaired) electrons. The maximum Gasteiger partial charge on any atom is 0.349 e. The summed E-state index contributed by atoms with van der Waals surface area (Å²) in [5.74, 6) is 3.97. The lowest BCUT2D eigenvalue weighted by atomic mass is 10.1. The molecule has 0 heterocycles. The highest BCUT2D eigenvalue weighted by Crippen LogP contribution is 2.13. The minimum absolute atomic E-state index is 0.0464. The Morgan fingerprint density at radius 2 is 2.17 bits per heavy atom. The second-order valence-electron chi connectivity index (χ2n) is 3.36. The van der Waals surface area contributed by atoms with Gasteiger partial charge in [0.05, 0.1) is 4.92 Å². The molecule has 0 aliphatic rings. The normalized spacial score (nSPS) is 11.4. The number of carbonyl (C=O) groups excluding carboxylic acids is 1. The van der Waals surface area contributed by atoms with Gasteiger partial charge in [-0.3, -0.25) is 15.5 Å². The summed E-state index contributed by atoms with van der Waals surface area (Å²) >= 11 is 0. The van der Waals surface area contributed by atoms with Crippen LogP contribution in [0.15, 0.2) is 29.5 Å². The Bertz CT molecular complexity index is 447. The van der Waals surface area contributed by atoms with Crippen molar-refractivity contribution < 1.29 is 14.6 Å². The molecule has 4 N–H and O–H groups in total. The van der Waals surface area contributed by atoms with Crippen LogP contribution in [0.25, 0.3) is 0 Å². The molecule has 0 aromatic heterocycles. The molecule has 9 nitrogen and oxygen atoms in total. The van der Waals surface area contributed by atoms with Crippen molar-refractivity contribution in [2.24, 2.45) is 11.1 Å². The highest BCUT2D eigenvalue weighted by molar-refractivity contribution is 5.75. The van der Waals surface area contributed by atoms with Gasteiger partial charge in [-0.25, -0.2) is 4.79 Å². The Morgan fingerprint density at radius 1 is 1.56 bits per heavy atom. The van der Waals surface area contributed by atoms with Gasteiger partial charge in [0, 0.05) is 18.6 Å². The Hall–Kier alpha value is -2.55. The molecule has 0 bridgehead atoms. The van der Waals surface area contributed by atoms with Gasteiger partial charge in [-0.1, -0.05) is 17.4 Å². The number of nitro groups is 1. The highest BCUT2D eigenvalue weighted by Gasteiger charge is 2.20. The molecule has 0 amide bonds. The number of hydrogen-bond donors (Lipinski definition) is 3. The Labute approximate surface area is 102 Å². The molecular weight excluding hydrogens is 242 g/mol. The molecule has 0 aliphatic carbocycles. The first-order valence-corrected chi connectivity index (χ1v) is 4.84. The van der Waals surface area contributed by atoms with E-state index in [9.17, 15) is 14.9 Å². The predicted octanol–water partition coefficient (Wildman–Crippen LogP) is 0.458. The maximum atomic E-state index is 11.2. The number of nitrogens with two attached hydrogens (primary N) is 1. The fraction of sp³-hybridized carbons (Fsp3) is 0.222. The Kier molecular flexibility index (Phi) is 4.69. The van der Waals surface area contributed by atoms with Gasteiger partial charge in [0.1, 0.15) is 6.04 Å². The number of non-ortho nitro benzene ring substituents is 1. The van der Waals surface area contributed by atoms with E-state index in [1.54, 1.807) is 0 Å². The highest BCUT2D eigenvalue weighted by atomic mass is 16.7. The number of carbonyl (C=O) groups is 1. The number of nitrogens with one attached hydrogen (secondary N) is 2. The lowest BCUT2D eigenvalue weighted by Gasteiger charge is -2.12. The van der Waals surface area contributed by atoms with E-state index in [4.69, 9.17) is 11.4 Å². The van der Waals surface area contributed by atoms with Crippen LogP contribution in [0.4, 0.5) is 5.69 Å². The minimum atomic E-state index is -0.908. The molecule has 0 unspecified atom stereocenters. The zero-order chi connectivity index (χ0) is 13.5. The zero-order valence-corrected chi connectivity index (χ0v) is 9.20. The second-order valence-corrected chi connectivity index (χ2v) is 3.36. The zero-order valence-electron chi connectivity index (χ0n) is 9.20. The van der Waals surface area contributed by atoms with Crippen molar-refractivity contribution >= 4 is 11.7 Å². The largest absolute Gasteiger partial charge is 0.372 e. The average Bonchev–Trinajstić information content (AvgIpc) is 2.38. The third kappa shape index (κ3) is 3.49. The number of nitro benzene ring substituents is 1. The molecule has 0 spiro atoms. The van der Waals surface area contributed by atoms with Crippen molar-refractivity contribution in [1.29, 1.82) is 5.53 Å². The fourth-order valence-corrected chi connectivity index (χ4v) is 1.33. The van der Waals surface area contributed by atoms with Crippen LogP contribution in [0.1, 0.15) is 5.56 Å². The molecule has 1 aromatic rings. The first kappa shape index (κ1) is 13.5. The van der Waals surface area contributed by atoms with Crippen molar-refractivity contribution in [3.8, 4) is 0 Å². The van der Waals surface area contributed by atoms with E-state index < -0.39 is 16.9 Å². The van der Waals surface area contributed by atoms with Crippen LogP contribution in [0.3, 0.4) is 0 Å². The van der Waals surface area contributed by atoms with Crippen LogP contribution in [0, 0.1) is 15.6 Å². The van der Waals surface area contributed by atoms with Crippen LogP contribution in [-0.4, -0.2) is 16.9 Å². The Balaban J connectivity index is 2.77. The van der Waals surface area contributed by atoms with Gasteiger partial charge in [-0.2, -0.15) is 11.4 Å². The van der Waals surface area contributed by atoms with Crippen molar-refractivity contribution in [2.75, 3.05) is 0 Å². The van der Waals surface area contributed by atoms with Crippen LogP contribution in [-0.2, 0) is 16.1 Å². The number of hydrogen-bond acceptors (Lipinski definition) is 7. The van der Waals surface area contributed by atoms with Crippen LogP contribution in [0.5, 0.6) is 0 Å². The average molecular weight is 253 g/mol. The van der Waals surface area contributed by atoms with E-state index in [1.807, 2.05) is 0 Å². The van der Waals surface area contributed by atoms with Gasteiger partial charge in [0.2, 0.25) is 0 Å². The summed E-state index contributed by atoms with van der Waals surface area (Å²) in [5.41, 5.74) is 9.46. The minimum Gasteiger partial charge on any atom is -0.372 e. The number of nitrogens with zero attached hydrogens (tertiary/aromatic N) is 2. The lowest BCUT2D eigenvalue weighted by Crippen LogP contribution is -2.37. The smallest absolute Gasteiger partial charge is 0.349 e. The summed E-state index contributed by atoms with van der Waals surface area (Å²) in [6.45, 7) is 0. The summed E-state index contributed by atoms with van der Waals surface area (Å²) in [4.78, 5) is 25.2. The SMILES string of the molecule is N=NN[C@@H](Cc1ccc([N+](=O)[O-])cc1)C(=O)ON. The van der Waals surface area contributed by atoms with E-state index >= 15 is 0 Å². The van der Waals surface area contributed by atoms with Crippen molar-refractivity contribution in [3.05, 3.63) is 39.9 Å². The standard InChI is InChI=1S/C9H11N5O4/c10-13-12-8(9(15)18-11)5-6-1-3-7(4-2-6)14(16)17/h1-4,8H,5,11H2,(H2,10,12)/t8-/m0/s1. The van der Waals surface area contributed by atoms with Crippen molar-refractivity contribution in [1.82, 2.24) is 5.43 Å². The number of benzene rings is 1. The second kappa shape index (κ2) is 6.25. The summed E-state index contributed by atoms with van der Waals surface area (Å²) in [6, 6.07) is 4.73. The van der Waals surface area contributed by atoms with Crippen molar-refractivity contribution in [2.45, 2.75) is 12.5 Å². The van der Waals surface area contributed by atoms with Crippen LogP contribution >= 0.6 is 0 Å². The molecular formula is C9H11N5O4. The van der Waals surface area contributed by atoms with E-state index in [0.29, 0.717) is 5.56 Å². The van der Waals surface area contributed by atoms with Gasteiger partial charge in [-0.15, -0.1) is 0 Å². The Morgan fingerprint density at radius 3 is 2.61 bits per heavy atom. The molecule has 1 atom stereocenters. The molecule has 18 heavy (non-hydrogen) atoms. The fourth-order valence-electron chi connectivity index (χ4n) is 1.33. The van der Waals surface area contributed by atoms with Gasteiger partial charge in [0.25, 0.3) is 5.69 Å². The summed E-state index contributed by atoms with van der Waals surface area (Å²) in [6.07, 6.45) is 0.149. The first-order chi connectivity index (χ1) is 8.58. The van der Waals surface area contributed by atoms with Gasteiger partial charge < -0.3 is 4.84 Å². The lowest BCUT2D eigenvalue weighted by molar-refractivity contribution is -0.384. The molecule has 96 valence electrons. The number of rotatable bonds is 6. The third-order valence-corrected chi connectivity index (χ3v) is 2.21. The van der Waals surface area contributed by atoms with E-state index in [-0.39, 0.29) is 12.1 Å². The topological polar surface area (TPSA) is 144 Å². The van der Waals surface area contributed by atoms with Crippen molar-refractivity contribution in [3.63, 3.8) is 0 Å². The van der Waals surface area contributed by atoms with Gasteiger partial charge >= 0.3 is 5.97 Å². The van der Waals surface area contributed by atoms with E-state index in [2.05, 4.69) is 15.5 Å². The molecule has 0 saturated carbocycles. The molecule has 1 aromatic carbocycles. The van der Waals surface area contributed by atoms with E-state index in [0.717, 1.165) is 0 Å². The molecule has 9 heteroatoms. The quantitative estimate of drug-likeness (QED) is 0.381. The molecule has 0 aliphatic heterocycles. The molecule has 1 rings (SSSR count). The summed E-state index contributed by atoms with van der Waals surface area (Å²) in [7, 11) is 0. The van der Waals surface area contributed by atoms with Gasteiger partial charge in [-0.05, 0) is 5.56 Å². The first-order valence-electron chi connectivity index (χ1n) is 4.84. The van der Waals surface area contributed by atoms with Gasteiger partial charge in [0.15, 0.2) is 0 Å². The van der Waals surface area contributed by atoms with E-state index in [1.165, 1.54) is 24.3 Å². The summed E-state index contributed by atoms with van der Waals surface area (Å²) in [5, 5.41) is 13.3. The third-order valence-electron chi connectivity index (χ3n) is 2.21. The molecule has 0 saturated heterocycles. The monoisotopic (exact) mass is 253 g/mol.